The molecule has 2 N–H and O–H groups in total. The van der Waals surface area contributed by atoms with Gasteiger partial charge in [-0.3, -0.25) is 9.59 Å². The Morgan fingerprint density at radius 2 is 2.28 bits per heavy atom. The summed E-state index contributed by atoms with van der Waals surface area (Å²) in [4.78, 5) is 29.8. The van der Waals surface area contributed by atoms with E-state index < -0.39 is 5.97 Å². The van der Waals surface area contributed by atoms with Crippen molar-refractivity contribution in [3.8, 4) is 0 Å². The Kier molecular flexibility index (Phi) is 3.57. The third kappa shape index (κ3) is 2.65. The fraction of sp³-hybridized carbons (Fsp3) is 0.250. The Morgan fingerprint density at radius 1 is 1.44 bits per heavy atom. The van der Waals surface area contributed by atoms with Gasteiger partial charge in [0.05, 0.1) is 24.0 Å². The molecule has 0 atom stereocenters. The number of esters is 1. The molecule has 0 saturated heterocycles. The Balaban J connectivity index is 2.02. The molecule has 1 aromatic heterocycles. The molecule has 0 aliphatic heterocycles. The summed E-state index contributed by atoms with van der Waals surface area (Å²) < 4.78 is 4.72. The average Bonchev–Trinajstić information content (AvgIpc) is 2.83. The summed E-state index contributed by atoms with van der Waals surface area (Å²) in [5, 5.41) is 2.49. The first-order chi connectivity index (χ1) is 8.70. The second-order valence-electron chi connectivity index (χ2n) is 3.62. The van der Waals surface area contributed by atoms with Gasteiger partial charge in [0.2, 0.25) is 0 Å². The van der Waals surface area contributed by atoms with Crippen LogP contribution in [0.3, 0.4) is 0 Å². The molecule has 0 aliphatic rings. The molecule has 2 aromatic rings. The smallest absolute Gasteiger partial charge is 0.325 e. The van der Waals surface area contributed by atoms with E-state index >= 15 is 0 Å². The minimum Gasteiger partial charge on any atom is -0.465 e. The van der Waals surface area contributed by atoms with Crippen molar-refractivity contribution in [1.82, 2.24) is 15.3 Å². The van der Waals surface area contributed by atoms with Crippen molar-refractivity contribution in [3.05, 3.63) is 30.1 Å². The van der Waals surface area contributed by atoms with Crippen molar-refractivity contribution >= 4 is 22.9 Å². The number of imidazole rings is 1. The van der Waals surface area contributed by atoms with E-state index in [-0.39, 0.29) is 12.5 Å². The number of carbonyl (C=O) groups is 2. The lowest BCUT2D eigenvalue weighted by Crippen LogP contribution is -2.30. The molecular weight excluding hydrogens is 234 g/mol. The van der Waals surface area contributed by atoms with Crippen LogP contribution < -0.4 is 5.32 Å². The first-order valence-corrected chi connectivity index (χ1v) is 5.57. The topological polar surface area (TPSA) is 84.1 Å². The van der Waals surface area contributed by atoms with E-state index in [4.69, 9.17) is 4.74 Å². The van der Waals surface area contributed by atoms with Crippen LogP contribution >= 0.6 is 0 Å². The van der Waals surface area contributed by atoms with Crippen LogP contribution in [-0.2, 0) is 9.53 Å². The second-order valence-corrected chi connectivity index (χ2v) is 3.62. The van der Waals surface area contributed by atoms with Gasteiger partial charge < -0.3 is 15.0 Å². The molecule has 0 saturated carbocycles. The van der Waals surface area contributed by atoms with Gasteiger partial charge in [-0.25, -0.2) is 4.98 Å². The molecule has 18 heavy (non-hydrogen) atoms. The number of fused-ring (bicyclic) bond motifs is 1. The van der Waals surface area contributed by atoms with Gasteiger partial charge in [-0.2, -0.15) is 0 Å². The van der Waals surface area contributed by atoms with E-state index in [1.807, 2.05) is 0 Å². The summed E-state index contributed by atoms with van der Waals surface area (Å²) in [7, 11) is 0. The number of ether oxygens (including phenoxy) is 1. The van der Waals surface area contributed by atoms with Crippen LogP contribution in [0.2, 0.25) is 0 Å². The zero-order valence-corrected chi connectivity index (χ0v) is 9.90. The molecule has 6 heteroatoms. The van der Waals surface area contributed by atoms with Crippen molar-refractivity contribution in [2.24, 2.45) is 0 Å². The number of nitrogens with one attached hydrogen (secondary N) is 2. The van der Waals surface area contributed by atoms with Crippen molar-refractivity contribution in [2.75, 3.05) is 13.2 Å². The summed E-state index contributed by atoms with van der Waals surface area (Å²) >= 11 is 0. The standard InChI is InChI=1S/C12H13N3O3/c1-2-18-11(16)6-13-12(17)8-3-4-9-10(5-8)15-7-14-9/h3-5,7H,2,6H2,1H3,(H,13,17)(H,14,15). The number of hydrogen-bond donors (Lipinski definition) is 2. The van der Waals surface area contributed by atoms with Gasteiger partial charge in [-0.1, -0.05) is 0 Å². The van der Waals surface area contributed by atoms with Crippen LogP contribution in [0.15, 0.2) is 24.5 Å². The highest BCUT2D eigenvalue weighted by Gasteiger charge is 2.09. The number of hydrogen-bond acceptors (Lipinski definition) is 4. The van der Waals surface area contributed by atoms with Gasteiger partial charge in [0.1, 0.15) is 6.54 Å². The van der Waals surface area contributed by atoms with Crippen LogP contribution in [0.5, 0.6) is 0 Å². The Hall–Kier alpha value is -2.37. The lowest BCUT2D eigenvalue weighted by molar-refractivity contribution is -0.141. The predicted molar refractivity (Wildman–Crippen MR) is 65.1 cm³/mol. The molecule has 0 spiro atoms. The van der Waals surface area contributed by atoms with Gasteiger partial charge in [-0.05, 0) is 25.1 Å². The van der Waals surface area contributed by atoms with Crippen molar-refractivity contribution < 1.29 is 14.3 Å². The van der Waals surface area contributed by atoms with Crippen LogP contribution in [0.4, 0.5) is 0 Å². The van der Waals surface area contributed by atoms with Gasteiger partial charge >= 0.3 is 5.97 Å². The number of aromatic nitrogens is 2. The Labute approximate surface area is 103 Å². The second kappa shape index (κ2) is 5.31. The van der Waals surface area contributed by atoms with E-state index in [0.29, 0.717) is 12.2 Å². The third-order valence-corrected chi connectivity index (χ3v) is 2.38. The molecule has 2 rings (SSSR count). The summed E-state index contributed by atoms with van der Waals surface area (Å²) in [5.74, 6) is -0.770. The van der Waals surface area contributed by atoms with Crippen LogP contribution in [0.1, 0.15) is 17.3 Å². The number of aromatic amines is 1. The van der Waals surface area contributed by atoms with E-state index in [1.165, 1.54) is 0 Å². The average molecular weight is 247 g/mol. The molecule has 0 fully saturated rings. The van der Waals surface area contributed by atoms with Crippen LogP contribution in [-0.4, -0.2) is 35.0 Å². The van der Waals surface area contributed by atoms with Gasteiger partial charge in [0.25, 0.3) is 5.91 Å². The van der Waals surface area contributed by atoms with Gasteiger partial charge in [0, 0.05) is 5.56 Å². The monoisotopic (exact) mass is 247 g/mol. The van der Waals surface area contributed by atoms with Crippen molar-refractivity contribution in [1.29, 1.82) is 0 Å². The normalized spacial score (nSPS) is 10.3. The van der Waals surface area contributed by atoms with Crippen LogP contribution in [0, 0.1) is 0 Å². The van der Waals surface area contributed by atoms with E-state index in [0.717, 1.165) is 11.0 Å². The van der Waals surface area contributed by atoms with E-state index in [9.17, 15) is 9.59 Å². The number of carbonyl (C=O) groups excluding carboxylic acids is 2. The third-order valence-electron chi connectivity index (χ3n) is 2.38. The molecule has 1 heterocycles. The SMILES string of the molecule is CCOC(=O)CNC(=O)c1ccc2nc[nH]c2c1. The number of amides is 1. The fourth-order valence-electron chi connectivity index (χ4n) is 1.54. The number of rotatable bonds is 4. The Bertz CT molecular complexity index is 577. The summed E-state index contributed by atoms with van der Waals surface area (Å²) in [6, 6.07) is 5.08. The highest BCUT2D eigenvalue weighted by molar-refractivity contribution is 5.98. The molecular formula is C12H13N3O3. The lowest BCUT2D eigenvalue weighted by Gasteiger charge is -2.04. The first-order valence-electron chi connectivity index (χ1n) is 5.57. The highest BCUT2D eigenvalue weighted by Crippen LogP contribution is 2.11. The van der Waals surface area contributed by atoms with E-state index in [2.05, 4.69) is 15.3 Å². The maximum atomic E-state index is 11.8. The number of benzene rings is 1. The molecule has 1 aromatic carbocycles. The van der Waals surface area contributed by atoms with Crippen LogP contribution in [0.25, 0.3) is 11.0 Å². The summed E-state index contributed by atoms with van der Waals surface area (Å²) in [6.07, 6.45) is 1.56. The quantitative estimate of drug-likeness (QED) is 0.785. The van der Waals surface area contributed by atoms with Gasteiger partial charge in [-0.15, -0.1) is 0 Å². The predicted octanol–water partition coefficient (Wildman–Crippen LogP) is 0.856. The summed E-state index contributed by atoms with van der Waals surface area (Å²) in [6.45, 7) is 1.88. The number of H-pyrrole nitrogens is 1. The molecule has 0 radical (unpaired) electrons. The zero-order valence-electron chi connectivity index (χ0n) is 9.90. The Morgan fingerprint density at radius 3 is 3.06 bits per heavy atom. The number of nitrogens with zero attached hydrogens (tertiary/aromatic N) is 1. The van der Waals surface area contributed by atoms with Gasteiger partial charge in [0.15, 0.2) is 0 Å². The minimum atomic E-state index is -0.450. The highest BCUT2D eigenvalue weighted by atomic mass is 16.5. The largest absolute Gasteiger partial charge is 0.465 e. The fourth-order valence-corrected chi connectivity index (χ4v) is 1.54. The maximum Gasteiger partial charge on any atom is 0.325 e. The van der Waals surface area contributed by atoms with E-state index in [1.54, 1.807) is 31.5 Å². The van der Waals surface area contributed by atoms with Crippen molar-refractivity contribution in [3.63, 3.8) is 0 Å². The summed E-state index contributed by atoms with van der Waals surface area (Å²) in [5.41, 5.74) is 2.03. The molecule has 0 aliphatic carbocycles. The molecule has 0 unspecified atom stereocenters. The molecule has 1 amide bonds. The minimum absolute atomic E-state index is 0.131. The maximum absolute atomic E-state index is 11.8. The lowest BCUT2D eigenvalue weighted by atomic mass is 10.2. The molecule has 0 bridgehead atoms. The first kappa shape index (κ1) is 12.1. The van der Waals surface area contributed by atoms with Crippen molar-refractivity contribution in [2.45, 2.75) is 6.92 Å². The molecule has 6 nitrogen and oxygen atoms in total. The molecule has 94 valence electrons. The zero-order chi connectivity index (χ0) is 13.0.